The predicted molar refractivity (Wildman–Crippen MR) is 144 cm³/mol. The van der Waals surface area contributed by atoms with Crippen molar-refractivity contribution in [2.24, 2.45) is 0 Å². The van der Waals surface area contributed by atoms with Crippen LogP contribution in [0.1, 0.15) is 21.5 Å². The average Bonchev–Trinajstić information content (AvgIpc) is 2.93. The van der Waals surface area contributed by atoms with Gasteiger partial charge in [0.05, 0.1) is 22.5 Å². The van der Waals surface area contributed by atoms with Crippen LogP contribution in [0, 0.1) is 11.3 Å². The highest BCUT2D eigenvalue weighted by atomic mass is 31.2. The van der Waals surface area contributed by atoms with Crippen molar-refractivity contribution < 1.29 is 14.3 Å². The molecule has 1 aromatic heterocycles. The number of nitrogens with zero attached hydrogens (tertiary/aromatic N) is 4. The van der Waals surface area contributed by atoms with E-state index in [0.29, 0.717) is 35.4 Å². The summed E-state index contributed by atoms with van der Waals surface area (Å²) in [5, 5.41) is 12.7. The zero-order valence-electron chi connectivity index (χ0n) is 20.1. The molecular weight excluding hydrogens is 485 g/mol. The number of carbonyl (C=O) groups excluding carboxylic acids is 1. The molecule has 4 aromatic rings. The fraction of sp³-hybridized carbons (Fsp3) is 0.179. The van der Waals surface area contributed by atoms with Gasteiger partial charge < -0.3 is 14.9 Å². The Bertz CT molecular complexity index is 1500. The van der Waals surface area contributed by atoms with Crippen LogP contribution in [-0.2, 0) is 11.1 Å². The second-order valence-corrected chi connectivity index (χ2v) is 10.9. The number of aromatic nitrogens is 1. The highest BCUT2D eigenvalue weighted by molar-refractivity contribution is 7.68. The molecular formula is C28H26N5O3P. The van der Waals surface area contributed by atoms with Crippen molar-refractivity contribution in [1.29, 1.82) is 5.26 Å². The zero-order chi connectivity index (χ0) is 25.8. The molecule has 1 aliphatic heterocycles. The minimum absolute atomic E-state index is 0.0602. The van der Waals surface area contributed by atoms with Crippen LogP contribution in [0.25, 0.3) is 10.9 Å². The molecule has 0 bridgehead atoms. The summed E-state index contributed by atoms with van der Waals surface area (Å²) in [6.45, 7) is 3.54. The van der Waals surface area contributed by atoms with Crippen molar-refractivity contribution >= 4 is 35.3 Å². The second kappa shape index (κ2) is 10.5. The fourth-order valence-corrected chi connectivity index (χ4v) is 5.87. The topological polar surface area (TPSA) is 110 Å². The highest BCUT2D eigenvalue weighted by Crippen LogP contribution is 2.41. The number of nitrogens with one attached hydrogen (secondary N) is 1. The lowest BCUT2D eigenvalue weighted by Gasteiger charge is -2.34. The maximum absolute atomic E-state index is 13.2. The summed E-state index contributed by atoms with van der Waals surface area (Å²) in [6, 6.07) is 25.2. The number of para-hydroxylation sites is 1. The van der Waals surface area contributed by atoms with Gasteiger partial charge >= 0.3 is 7.52 Å². The molecule has 1 fully saturated rings. The van der Waals surface area contributed by atoms with E-state index >= 15 is 0 Å². The molecule has 5 rings (SSSR count). The Morgan fingerprint density at radius 3 is 2.38 bits per heavy atom. The first-order chi connectivity index (χ1) is 17.9. The van der Waals surface area contributed by atoms with Crippen LogP contribution in [0.15, 0.2) is 85.1 Å². The Labute approximate surface area is 215 Å². The average molecular weight is 512 g/mol. The Morgan fingerprint density at radius 2 is 1.68 bits per heavy atom. The third-order valence-corrected chi connectivity index (χ3v) is 8.07. The standard InChI is InChI=1S/C28H26N5O3P/c29-19-21-6-8-22(9-7-21)20-32-15-17-33(18-16-32)28(34)24-10-12-25(13-11-24)31-37(35,36)26-5-1-3-23-4-2-14-30-27(23)26/h1-14H,15-18,20H2,(H2,31,35,36). The van der Waals surface area contributed by atoms with E-state index in [4.69, 9.17) is 5.26 Å². The van der Waals surface area contributed by atoms with Crippen molar-refractivity contribution in [3.05, 3.63) is 102 Å². The molecule has 1 amide bonds. The van der Waals surface area contributed by atoms with Gasteiger partial charge in [-0.3, -0.25) is 19.2 Å². The first kappa shape index (κ1) is 24.7. The van der Waals surface area contributed by atoms with Crippen LogP contribution < -0.4 is 10.4 Å². The summed E-state index contributed by atoms with van der Waals surface area (Å²) in [4.78, 5) is 32.2. The molecule has 1 unspecified atom stereocenters. The maximum Gasteiger partial charge on any atom is 0.323 e. The Morgan fingerprint density at radius 1 is 0.973 bits per heavy atom. The van der Waals surface area contributed by atoms with Crippen LogP contribution >= 0.6 is 7.52 Å². The van der Waals surface area contributed by atoms with Crippen molar-refractivity contribution in [2.45, 2.75) is 6.54 Å². The number of benzene rings is 3. The van der Waals surface area contributed by atoms with Crippen molar-refractivity contribution in [3.8, 4) is 6.07 Å². The Kier molecular flexibility index (Phi) is 7.02. The first-order valence-electron chi connectivity index (χ1n) is 12.0. The lowest BCUT2D eigenvalue weighted by molar-refractivity contribution is 0.0628. The summed E-state index contributed by atoms with van der Waals surface area (Å²) in [5.41, 5.74) is 3.25. The summed E-state index contributed by atoms with van der Waals surface area (Å²) in [6.07, 6.45) is 1.60. The van der Waals surface area contributed by atoms with Gasteiger partial charge in [0.1, 0.15) is 0 Å². The normalized spacial score (nSPS) is 15.6. The molecule has 2 heterocycles. The molecule has 1 saturated heterocycles. The summed E-state index contributed by atoms with van der Waals surface area (Å²) in [5.74, 6) is -0.0602. The van der Waals surface area contributed by atoms with Crippen molar-refractivity contribution in [3.63, 3.8) is 0 Å². The van der Waals surface area contributed by atoms with E-state index in [1.165, 1.54) is 0 Å². The molecule has 1 atom stereocenters. The van der Waals surface area contributed by atoms with Gasteiger partial charge in [0.25, 0.3) is 5.91 Å². The molecule has 8 nitrogen and oxygen atoms in total. The van der Waals surface area contributed by atoms with Gasteiger partial charge in [-0.25, -0.2) is 0 Å². The number of rotatable bonds is 6. The monoisotopic (exact) mass is 511 g/mol. The van der Waals surface area contributed by atoms with Gasteiger partial charge in [0, 0.05) is 55.6 Å². The van der Waals surface area contributed by atoms with E-state index in [1.807, 2.05) is 41.3 Å². The number of piperazine rings is 1. The van der Waals surface area contributed by atoms with E-state index in [1.54, 1.807) is 48.7 Å². The SMILES string of the molecule is N#Cc1ccc(CN2CCN(C(=O)c3ccc(NP(=O)(O)c4cccc5cccnc45)cc3)CC2)cc1. The number of pyridine rings is 1. The predicted octanol–water partition coefficient (Wildman–Crippen LogP) is 3.99. The number of anilines is 1. The van der Waals surface area contributed by atoms with Gasteiger partial charge in [-0.2, -0.15) is 5.26 Å². The van der Waals surface area contributed by atoms with E-state index in [-0.39, 0.29) is 11.2 Å². The maximum atomic E-state index is 13.2. The second-order valence-electron chi connectivity index (χ2n) is 8.99. The van der Waals surface area contributed by atoms with Gasteiger partial charge in [-0.15, -0.1) is 0 Å². The molecule has 1 aliphatic rings. The minimum Gasteiger partial charge on any atom is -0.336 e. The first-order valence-corrected chi connectivity index (χ1v) is 13.6. The van der Waals surface area contributed by atoms with Crippen LogP contribution in [0.2, 0.25) is 0 Å². The Hall–Kier alpha value is -4.02. The van der Waals surface area contributed by atoms with Crippen LogP contribution in [0.3, 0.4) is 0 Å². The lowest BCUT2D eigenvalue weighted by Crippen LogP contribution is -2.48. The van der Waals surface area contributed by atoms with Crippen LogP contribution in [-0.4, -0.2) is 51.8 Å². The molecule has 2 N–H and O–H groups in total. The van der Waals surface area contributed by atoms with E-state index in [0.717, 1.165) is 30.6 Å². The van der Waals surface area contributed by atoms with Crippen molar-refractivity contribution in [1.82, 2.24) is 14.8 Å². The Balaban J connectivity index is 1.20. The number of carbonyl (C=O) groups is 1. The van der Waals surface area contributed by atoms with Gasteiger partial charge in [-0.05, 0) is 54.1 Å². The molecule has 0 saturated carbocycles. The third kappa shape index (κ3) is 5.55. The zero-order valence-corrected chi connectivity index (χ0v) is 21.0. The molecule has 9 heteroatoms. The van der Waals surface area contributed by atoms with Gasteiger partial charge in [0.2, 0.25) is 0 Å². The van der Waals surface area contributed by atoms with E-state index < -0.39 is 7.52 Å². The highest BCUT2D eigenvalue weighted by Gasteiger charge is 2.25. The van der Waals surface area contributed by atoms with Crippen LogP contribution in [0.5, 0.6) is 0 Å². The smallest absolute Gasteiger partial charge is 0.323 e. The van der Waals surface area contributed by atoms with Gasteiger partial charge in [-0.1, -0.05) is 30.3 Å². The third-order valence-electron chi connectivity index (χ3n) is 6.50. The fourth-order valence-electron chi connectivity index (χ4n) is 4.49. The van der Waals surface area contributed by atoms with Gasteiger partial charge in [0.15, 0.2) is 0 Å². The number of fused-ring (bicyclic) bond motifs is 1. The number of nitriles is 1. The van der Waals surface area contributed by atoms with E-state index in [2.05, 4.69) is 21.0 Å². The number of hydrogen-bond acceptors (Lipinski definition) is 5. The summed E-state index contributed by atoms with van der Waals surface area (Å²) in [7, 11) is -3.95. The minimum atomic E-state index is -3.95. The van der Waals surface area contributed by atoms with Crippen molar-refractivity contribution in [2.75, 3.05) is 31.3 Å². The number of amides is 1. The van der Waals surface area contributed by atoms with E-state index in [9.17, 15) is 14.3 Å². The molecule has 37 heavy (non-hydrogen) atoms. The molecule has 186 valence electrons. The quantitative estimate of drug-likeness (QED) is 0.377. The molecule has 0 spiro atoms. The molecule has 0 aliphatic carbocycles. The molecule has 3 aromatic carbocycles. The summed E-state index contributed by atoms with van der Waals surface area (Å²) >= 11 is 0. The number of hydrogen-bond donors (Lipinski definition) is 2. The lowest BCUT2D eigenvalue weighted by atomic mass is 10.1. The largest absolute Gasteiger partial charge is 0.336 e. The van der Waals surface area contributed by atoms with Crippen LogP contribution in [0.4, 0.5) is 5.69 Å². The molecule has 0 radical (unpaired) electrons. The summed E-state index contributed by atoms with van der Waals surface area (Å²) < 4.78 is 13.2.